The Morgan fingerprint density at radius 3 is 2.25 bits per heavy atom. The monoisotopic (exact) mass is 768 g/mol. The molecule has 2 aliphatic heterocycles. The lowest BCUT2D eigenvalue weighted by molar-refractivity contribution is -0.139. The molecule has 0 saturated carbocycles. The van der Waals surface area contributed by atoms with E-state index in [2.05, 4.69) is 5.32 Å². The van der Waals surface area contributed by atoms with Crippen LogP contribution in [0, 0.1) is 5.92 Å². The van der Waals surface area contributed by atoms with Crippen molar-refractivity contribution in [3.05, 3.63) is 77.9 Å². The summed E-state index contributed by atoms with van der Waals surface area (Å²) in [5, 5.41) is 3.50. The average molecular weight is 769 g/mol. The summed E-state index contributed by atoms with van der Waals surface area (Å²) in [6.45, 7) is 9.37. The second-order valence-electron chi connectivity index (χ2n) is 14.2. The number of para-hydroxylation sites is 1. The van der Waals surface area contributed by atoms with E-state index in [0.29, 0.717) is 91.0 Å². The maximum Gasteiger partial charge on any atom is 0.257 e. The number of benzene rings is 3. The van der Waals surface area contributed by atoms with Crippen LogP contribution in [-0.4, -0.2) is 101 Å². The first-order valence-electron chi connectivity index (χ1n) is 18.5. The SMILES string of the molecule is COc1cc2nc(N3CCN(C(=O)c4ccccc4OC(C)(C)c4ccccc4)CC3)nc(NC(=O)C3CCCN3C(=O)C(C)CSC(C)=O)c2cc1OC. The predicted octanol–water partition coefficient (Wildman–Crippen LogP) is 5.77. The van der Waals surface area contributed by atoms with E-state index in [4.69, 9.17) is 24.2 Å². The average Bonchev–Trinajstić information content (AvgIpc) is 3.70. The number of nitrogens with zero attached hydrogens (tertiary/aromatic N) is 5. The smallest absolute Gasteiger partial charge is 0.257 e. The number of aromatic nitrogens is 2. The predicted molar refractivity (Wildman–Crippen MR) is 213 cm³/mol. The molecule has 290 valence electrons. The van der Waals surface area contributed by atoms with Gasteiger partial charge < -0.3 is 34.2 Å². The molecule has 0 bridgehead atoms. The zero-order valence-corrected chi connectivity index (χ0v) is 33.0. The van der Waals surface area contributed by atoms with Crippen LogP contribution in [0.1, 0.15) is 56.5 Å². The number of hydrogen-bond donors (Lipinski definition) is 1. The van der Waals surface area contributed by atoms with Gasteiger partial charge in [-0.05, 0) is 50.5 Å². The van der Waals surface area contributed by atoms with Crippen LogP contribution in [0.4, 0.5) is 11.8 Å². The molecule has 2 atom stereocenters. The van der Waals surface area contributed by atoms with Gasteiger partial charge in [0.15, 0.2) is 16.6 Å². The van der Waals surface area contributed by atoms with Gasteiger partial charge in [-0.3, -0.25) is 19.2 Å². The van der Waals surface area contributed by atoms with Gasteiger partial charge in [0.05, 0.1) is 25.3 Å². The summed E-state index contributed by atoms with van der Waals surface area (Å²) >= 11 is 1.11. The third kappa shape index (κ3) is 8.80. The highest BCUT2D eigenvalue weighted by Crippen LogP contribution is 2.36. The molecule has 3 heterocycles. The maximum atomic E-state index is 14.0. The molecule has 2 unspecified atom stereocenters. The minimum absolute atomic E-state index is 0.0551. The number of anilines is 2. The van der Waals surface area contributed by atoms with Gasteiger partial charge in [-0.15, -0.1) is 0 Å². The van der Waals surface area contributed by atoms with Crippen LogP contribution in [-0.2, 0) is 20.0 Å². The van der Waals surface area contributed by atoms with Gasteiger partial charge in [0.2, 0.25) is 17.8 Å². The van der Waals surface area contributed by atoms with E-state index in [1.54, 1.807) is 34.9 Å². The van der Waals surface area contributed by atoms with E-state index in [9.17, 15) is 19.2 Å². The molecule has 0 aliphatic carbocycles. The fourth-order valence-electron chi connectivity index (χ4n) is 6.97. The molecule has 55 heavy (non-hydrogen) atoms. The van der Waals surface area contributed by atoms with Crippen molar-refractivity contribution in [1.29, 1.82) is 0 Å². The molecule has 3 aromatic carbocycles. The first-order valence-corrected chi connectivity index (χ1v) is 19.4. The minimum Gasteiger partial charge on any atom is -0.493 e. The molecular formula is C41H48N6O7S. The van der Waals surface area contributed by atoms with Crippen molar-refractivity contribution in [3.8, 4) is 17.2 Å². The number of amides is 3. The van der Waals surface area contributed by atoms with Crippen LogP contribution in [0.2, 0.25) is 0 Å². The van der Waals surface area contributed by atoms with Gasteiger partial charge in [-0.1, -0.05) is 61.2 Å². The number of thioether (sulfide) groups is 1. The number of hydrogen-bond acceptors (Lipinski definition) is 11. The largest absolute Gasteiger partial charge is 0.493 e. The quantitative estimate of drug-likeness (QED) is 0.188. The third-order valence-electron chi connectivity index (χ3n) is 10.0. The number of methoxy groups -OCH3 is 2. The first kappa shape index (κ1) is 39.3. The fourth-order valence-corrected chi connectivity index (χ4v) is 7.59. The number of ether oxygens (including phenoxy) is 3. The molecular weight excluding hydrogens is 721 g/mol. The maximum absolute atomic E-state index is 14.0. The molecule has 6 rings (SSSR count). The summed E-state index contributed by atoms with van der Waals surface area (Å²) in [7, 11) is 3.07. The number of nitrogens with one attached hydrogen (secondary N) is 1. The molecule has 14 heteroatoms. The van der Waals surface area contributed by atoms with E-state index in [1.807, 2.05) is 67.3 Å². The number of piperazine rings is 1. The highest BCUT2D eigenvalue weighted by Gasteiger charge is 2.37. The number of likely N-dealkylation sites (tertiary alicyclic amines) is 1. The van der Waals surface area contributed by atoms with E-state index in [1.165, 1.54) is 21.1 Å². The van der Waals surface area contributed by atoms with Gasteiger partial charge >= 0.3 is 0 Å². The normalized spacial score (nSPS) is 16.5. The van der Waals surface area contributed by atoms with Gasteiger partial charge in [0, 0.05) is 62.8 Å². The Bertz CT molecular complexity index is 2050. The molecule has 1 N–H and O–H groups in total. The Hall–Kier alpha value is -5.37. The van der Waals surface area contributed by atoms with Crippen molar-refractivity contribution in [2.45, 2.75) is 52.2 Å². The van der Waals surface area contributed by atoms with E-state index < -0.39 is 17.6 Å². The van der Waals surface area contributed by atoms with Gasteiger partial charge in [-0.25, -0.2) is 4.98 Å². The molecule has 0 spiro atoms. The van der Waals surface area contributed by atoms with Gasteiger partial charge in [0.25, 0.3) is 5.91 Å². The standard InChI is InChI=1S/C41H48N6O7S/c1-26(25-55-27(2)48)38(50)47-18-12-16-32(47)37(49)43-36-30-23-34(52-5)35(53-6)24-31(30)42-40(44-36)46-21-19-45(20-22-46)39(51)29-15-10-11-17-33(29)54-41(3,4)28-13-8-7-9-14-28/h7-11,13-15,17,23-24,26,32H,12,16,18-22,25H2,1-6H3,(H,42,43,44,49). The lowest BCUT2D eigenvalue weighted by Gasteiger charge is -2.35. The third-order valence-corrected chi connectivity index (χ3v) is 11.1. The molecule has 4 aromatic rings. The van der Waals surface area contributed by atoms with Gasteiger partial charge in [0.1, 0.15) is 23.2 Å². The summed E-state index contributed by atoms with van der Waals surface area (Å²) in [6.07, 6.45) is 1.19. The number of carbonyl (C=O) groups is 4. The molecule has 2 saturated heterocycles. The zero-order valence-electron chi connectivity index (χ0n) is 32.2. The second kappa shape index (κ2) is 17.0. The Balaban J connectivity index is 1.21. The lowest BCUT2D eigenvalue weighted by Crippen LogP contribution is -2.49. The van der Waals surface area contributed by atoms with E-state index in [0.717, 1.165) is 17.3 Å². The van der Waals surface area contributed by atoms with E-state index in [-0.39, 0.29) is 28.7 Å². The highest BCUT2D eigenvalue weighted by molar-refractivity contribution is 8.13. The highest BCUT2D eigenvalue weighted by atomic mass is 32.2. The van der Waals surface area contributed by atoms with Crippen LogP contribution in [0.5, 0.6) is 17.2 Å². The summed E-state index contributed by atoms with van der Waals surface area (Å²) in [5.74, 6) is 1.36. The lowest BCUT2D eigenvalue weighted by atomic mass is 9.98. The minimum atomic E-state index is -0.689. The van der Waals surface area contributed by atoms with Crippen molar-refractivity contribution in [2.75, 3.05) is 62.9 Å². The molecule has 1 aromatic heterocycles. The number of rotatable bonds is 12. The Morgan fingerprint density at radius 2 is 1.56 bits per heavy atom. The van der Waals surface area contributed by atoms with Gasteiger partial charge in [-0.2, -0.15) is 4.98 Å². The number of fused-ring (bicyclic) bond motifs is 1. The Morgan fingerprint density at radius 1 is 0.891 bits per heavy atom. The first-order chi connectivity index (χ1) is 26.4. The van der Waals surface area contributed by atoms with Crippen LogP contribution >= 0.6 is 11.8 Å². The summed E-state index contributed by atoms with van der Waals surface area (Å²) in [6, 6.07) is 20.0. The molecule has 2 aliphatic rings. The van der Waals surface area contributed by atoms with Crippen molar-refractivity contribution in [2.24, 2.45) is 5.92 Å². The molecule has 13 nitrogen and oxygen atoms in total. The Kier molecular flexibility index (Phi) is 12.1. The fraction of sp³-hybridized carbons (Fsp3) is 0.415. The molecule has 2 fully saturated rings. The van der Waals surface area contributed by atoms with Crippen molar-refractivity contribution < 1.29 is 33.4 Å². The topological polar surface area (TPSA) is 144 Å². The van der Waals surface area contributed by atoms with Crippen LogP contribution in [0.25, 0.3) is 10.9 Å². The molecule has 3 amide bonds. The number of carbonyl (C=O) groups excluding carboxylic acids is 4. The van der Waals surface area contributed by atoms with Crippen molar-refractivity contribution in [3.63, 3.8) is 0 Å². The van der Waals surface area contributed by atoms with Crippen LogP contribution in [0.3, 0.4) is 0 Å². The van der Waals surface area contributed by atoms with E-state index >= 15 is 0 Å². The molecule has 0 radical (unpaired) electrons. The summed E-state index contributed by atoms with van der Waals surface area (Å²) in [5.41, 5.74) is 1.34. The van der Waals surface area contributed by atoms with Crippen molar-refractivity contribution in [1.82, 2.24) is 19.8 Å². The summed E-state index contributed by atoms with van der Waals surface area (Å²) < 4.78 is 17.6. The zero-order chi connectivity index (χ0) is 39.3. The second-order valence-corrected chi connectivity index (χ2v) is 15.4. The van der Waals surface area contributed by atoms with Crippen molar-refractivity contribution >= 4 is 57.3 Å². The van der Waals surface area contributed by atoms with Crippen LogP contribution < -0.4 is 24.4 Å². The summed E-state index contributed by atoms with van der Waals surface area (Å²) in [4.78, 5) is 67.9. The Labute approximate surface area is 325 Å². The van der Waals surface area contributed by atoms with Crippen LogP contribution in [0.15, 0.2) is 66.7 Å².